The van der Waals surface area contributed by atoms with Gasteiger partial charge in [0.1, 0.15) is 0 Å². The number of likely N-dealkylation sites (N-methyl/N-ethyl adjacent to an activating group) is 3. The van der Waals surface area contributed by atoms with Crippen LogP contribution in [0, 0.1) is 15.9 Å². The second-order valence-electron chi connectivity index (χ2n) is 9.34. The third-order valence-electron chi connectivity index (χ3n) is 6.79. The molecule has 0 aromatic heterocycles. The monoisotopic (exact) mass is 506 g/mol. The summed E-state index contributed by atoms with van der Waals surface area (Å²) >= 11 is 10.5. The lowest BCUT2D eigenvalue weighted by atomic mass is 10.0. The van der Waals surface area contributed by atoms with Crippen LogP contribution in [0.15, 0.2) is 9.59 Å². The Morgan fingerprint density at radius 3 is 1.76 bits per heavy atom. The Hall–Kier alpha value is -1.48. The fourth-order valence-corrected chi connectivity index (χ4v) is 5.19. The van der Waals surface area contributed by atoms with Crippen molar-refractivity contribution in [3.63, 3.8) is 0 Å². The molecule has 0 fully saturated rings. The maximum absolute atomic E-state index is 12.5. The van der Waals surface area contributed by atoms with Gasteiger partial charge < -0.3 is 19.6 Å². The second-order valence-corrected chi connectivity index (χ2v) is 10.2. The summed E-state index contributed by atoms with van der Waals surface area (Å²) in [5.41, 5.74) is 3.61. The average molecular weight is 507 g/mol. The van der Waals surface area contributed by atoms with E-state index in [2.05, 4.69) is 35.5 Å². The molecule has 0 unspecified atom stereocenters. The van der Waals surface area contributed by atoms with Crippen molar-refractivity contribution in [2.75, 3.05) is 76.3 Å². The Morgan fingerprint density at radius 1 is 0.676 bits per heavy atom. The van der Waals surface area contributed by atoms with Crippen LogP contribution in [-0.2, 0) is 6.42 Å². The largest absolute Gasteiger partial charge is 0.370 e. The molecule has 0 atom stereocenters. The minimum atomic E-state index is 0.000502. The Balaban J connectivity index is 1.89. The van der Waals surface area contributed by atoms with E-state index in [0.29, 0.717) is 9.02 Å². The molecule has 0 radical (unpaired) electrons. The first-order chi connectivity index (χ1) is 16.2. The highest BCUT2D eigenvalue weighted by Gasteiger charge is 2.22. The van der Waals surface area contributed by atoms with Gasteiger partial charge in [0.2, 0.25) is 10.9 Å². The fraction of sp³-hybridized carbons (Fsp3) is 0.692. The first kappa shape index (κ1) is 28.8. The molecule has 6 nitrogen and oxygen atoms in total. The third kappa shape index (κ3) is 6.80. The van der Waals surface area contributed by atoms with Crippen molar-refractivity contribution >= 4 is 35.8 Å². The molecule has 2 aromatic rings. The lowest BCUT2D eigenvalue weighted by Crippen LogP contribution is -2.38. The Morgan fingerprint density at radius 2 is 1.21 bits per heavy atom. The highest BCUT2D eigenvalue weighted by Crippen LogP contribution is 2.22. The first-order valence-electron chi connectivity index (χ1n) is 12.7. The second kappa shape index (κ2) is 13.6. The molecule has 190 valence electrons. The van der Waals surface area contributed by atoms with Gasteiger partial charge in [-0.3, -0.25) is 9.59 Å². The van der Waals surface area contributed by atoms with Crippen LogP contribution >= 0.6 is 24.4 Å². The van der Waals surface area contributed by atoms with E-state index in [1.165, 1.54) is 0 Å². The van der Waals surface area contributed by atoms with E-state index < -0.39 is 0 Å². The predicted octanol–water partition coefficient (Wildman–Crippen LogP) is 3.87. The maximum atomic E-state index is 12.5. The van der Waals surface area contributed by atoms with Gasteiger partial charge in [-0.2, -0.15) is 0 Å². The summed E-state index contributed by atoms with van der Waals surface area (Å²) in [4.78, 5) is 33.5. The van der Waals surface area contributed by atoms with Crippen LogP contribution in [0.25, 0.3) is 0 Å². The zero-order valence-corrected chi connectivity index (χ0v) is 23.5. The summed E-state index contributed by atoms with van der Waals surface area (Å²) in [7, 11) is 3.98. The van der Waals surface area contributed by atoms with Crippen molar-refractivity contribution in [3.8, 4) is 0 Å². The lowest BCUT2D eigenvalue weighted by Gasteiger charge is -2.29. The van der Waals surface area contributed by atoms with E-state index in [0.717, 1.165) is 101 Å². The van der Waals surface area contributed by atoms with Gasteiger partial charge in [0, 0.05) is 45.8 Å². The summed E-state index contributed by atoms with van der Waals surface area (Å²) in [6.07, 6.45) is 4.02. The van der Waals surface area contributed by atoms with Gasteiger partial charge in [0.25, 0.3) is 0 Å². The zero-order valence-electron chi connectivity index (χ0n) is 21.9. The van der Waals surface area contributed by atoms with Crippen LogP contribution in [0.1, 0.15) is 51.2 Å². The third-order valence-corrected chi connectivity index (χ3v) is 7.72. The van der Waals surface area contributed by atoms with Crippen molar-refractivity contribution < 1.29 is 0 Å². The molecule has 0 amide bonds. The van der Waals surface area contributed by atoms with Crippen molar-refractivity contribution in [2.24, 2.45) is 0 Å². The topological polar surface area (TPSA) is 47.1 Å². The number of nitrogens with zero attached hydrogens (tertiary/aromatic N) is 4. The van der Waals surface area contributed by atoms with Gasteiger partial charge in [0.15, 0.2) is 0 Å². The van der Waals surface area contributed by atoms with E-state index in [-0.39, 0.29) is 10.9 Å². The van der Waals surface area contributed by atoms with Crippen LogP contribution in [0.5, 0.6) is 0 Å². The van der Waals surface area contributed by atoms with Gasteiger partial charge in [-0.25, -0.2) is 0 Å². The van der Waals surface area contributed by atoms with E-state index in [1.807, 2.05) is 25.9 Å². The molecular weight excluding hydrogens is 464 g/mol. The summed E-state index contributed by atoms with van der Waals surface area (Å²) < 4.78 is 0.992. The van der Waals surface area contributed by atoms with Crippen LogP contribution in [0.2, 0.25) is 0 Å². The fourth-order valence-electron chi connectivity index (χ4n) is 4.70. The van der Waals surface area contributed by atoms with Gasteiger partial charge in [0.05, 0.1) is 20.4 Å². The molecule has 0 heterocycles. The number of rotatable bonds is 17. The van der Waals surface area contributed by atoms with Crippen molar-refractivity contribution in [1.82, 2.24) is 9.80 Å². The van der Waals surface area contributed by atoms with E-state index in [9.17, 15) is 9.59 Å². The molecular formula is C26H42N4O2S2. The molecule has 0 spiro atoms. The van der Waals surface area contributed by atoms with Gasteiger partial charge in [-0.1, -0.05) is 45.2 Å². The van der Waals surface area contributed by atoms with Gasteiger partial charge in [-0.05, 0) is 64.3 Å². The summed E-state index contributed by atoms with van der Waals surface area (Å²) in [5.74, 6) is 0. The quantitative estimate of drug-likeness (QED) is 0.300. The molecule has 0 saturated heterocycles. The van der Waals surface area contributed by atoms with E-state index in [4.69, 9.17) is 24.4 Å². The molecule has 0 aliphatic rings. The predicted molar refractivity (Wildman–Crippen MR) is 151 cm³/mol. The Bertz CT molecular complexity index is 1070. The summed E-state index contributed by atoms with van der Waals surface area (Å²) in [6, 6.07) is 0. The standard InChI is InChI=1S/C26H42N4O2S2/c1-7-12-29(9-3)17-15-28(6)22-20(26(34)24(22)32)11-10-14-30(13-8-2)18-16-27(5)21-19(4)25(33)23(21)31/h7-18H2,1-6H3. The van der Waals surface area contributed by atoms with E-state index >= 15 is 0 Å². The van der Waals surface area contributed by atoms with Crippen molar-refractivity contribution in [3.05, 3.63) is 40.6 Å². The molecule has 0 aliphatic heterocycles. The Kier molecular flexibility index (Phi) is 11.5. The summed E-state index contributed by atoms with van der Waals surface area (Å²) in [6.45, 7) is 16.0. The molecule has 0 saturated carbocycles. The SMILES string of the molecule is CCCN(CC)CCN(C)c1c(CCCN(CCC)CCN(C)c2c(C)c(=S)c2=O)c(=S)c1=O. The Labute approximate surface area is 215 Å². The molecule has 0 N–H and O–H groups in total. The van der Waals surface area contributed by atoms with Crippen LogP contribution in [-0.4, -0.2) is 76.3 Å². The highest BCUT2D eigenvalue weighted by molar-refractivity contribution is 7.71. The molecule has 0 aliphatic carbocycles. The molecule has 0 bridgehead atoms. The zero-order chi connectivity index (χ0) is 25.4. The highest BCUT2D eigenvalue weighted by atomic mass is 32.1. The lowest BCUT2D eigenvalue weighted by molar-refractivity contribution is 0.277. The molecule has 2 aromatic carbocycles. The van der Waals surface area contributed by atoms with E-state index in [1.54, 1.807) is 0 Å². The van der Waals surface area contributed by atoms with Crippen LogP contribution < -0.4 is 20.7 Å². The smallest absolute Gasteiger partial charge is 0.220 e. The number of hydrogen-bond acceptors (Lipinski definition) is 8. The molecule has 2 rings (SSSR count). The number of hydrogen-bond donors (Lipinski definition) is 0. The minimum Gasteiger partial charge on any atom is -0.370 e. The minimum absolute atomic E-state index is 0.000502. The van der Waals surface area contributed by atoms with Crippen molar-refractivity contribution in [1.29, 1.82) is 0 Å². The van der Waals surface area contributed by atoms with Crippen LogP contribution in [0.4, 0.5) is 11.4 Å². The number of anilines is 2. The normalized spacial score (nSPS) is 11.9. The molecule has 8 heteroatoms. The molecule has 34 heavy (non-hydrogen) atoms. The van der Waals surface area contributed by atoms with Gasteiger partial charge in [-0.15, -0.1) is 0 Å². The van der Waals surface area contributed by atoms with Crippen LogP contribution in [0.3, 0.4) is 0 Å². The average Bonchev–Trinajstić information content (AvgIpc) is 2.83. The first-order valence-corrected chi connectivity index (χ1v) is 13.5. The van der Waals surface area contributed by atoms with Crippen molar-refractivity contribution in [2.45, 2.75) is 53.4 Å². The maximum Gasteiger partial charge on any atom is 0.220 e. The summed E-state index contributed by atoms with van der Waals surface area (Å²) in [5, 5.41) is 0. The van der Waals surface area contributed by atoms with Gasteiger partial charge >= 0.3 is 0 Å².